The van der Waals surface area contributed by atoms with Crippen LogP contribution in [0.4, 0.5) is 11.8 Å². The lowest BCUT2D eigenvalue weighted by molar-refractivity contribution is 1.02. The van der Waals surface area contributed by atoms with Crippen LogP contribution in [0.3, 0.4) is 0 Å². The minimum atomic E-state index is 0.281. The van der Waals surface area contributed by atoms with Gasteiger partial charge in [-0.3, -0.25) is 0 Å². The molecule has 0 aliphatic rings. The van der Waals surface area contributed by atoms with Gasteiger partial charge in [-0.2, -0.15) is 4.98 Å². The van der Waals surface area contributed by atoms with E-state index in [1.165, 1.54) is 0 Å². The van der Waals surface area contributed by atoms with Gasteiger partial charge in [0.05, 0.1) is 28.6 Å². The summed E-state index contributed by atoms with van der Waals surface area (Å²) >= 11 is 7.94. The predicted octanol–water partition coefficient (Wildman–Crippen LogP) is 3.70. The molecular formula is C12H12ClIN4. The lowest BCUT2D eigenvalue weighted by Gasteiger charge is -2.12. The first-order valence-corrected chi connectivity index (χ1v) is 6.90. The fourth-order valence-corrected chi connectivity index (χ4v) is 2.29. The molecule has 3 N–H and O–H groups in total. The van der Waals surface area contributed by atoms with Crippen molar-refractivity contribution in [3.05, 3.63) is 35.0 Å². The van der Waals surface area contributed by atoms with E-state index in [1.54, 1.807) is 0 Å². The first-order chi connectivity index (χ1) is 8.65. The maximum atomic E-state index is 5.90. The van der Waals surface area contributed by atoms with E-state index in [0.29, 0.717) is 5.02 Å². The Bertz CT molecular complexity index is 531. The standard InChI is InChI=1S/C12H12ClIN4/c1-2-9-10(7-3-5-8(13)6-4-7)11(18-14)17-12(15)16-9/h3-6H,2H2,1H3,(H3,15,16,17,18). The van der Waals surface area contributed by atoms with E-state index in [2.05, 4.69) is 13.5 Å². The van der Waals surface area contributed by atoms with Gasteiger partial charge in [-0.1, -0.05) is 30.7 Å². The minimum absolute atomic E-state index is 0.281. The summed E-state index contributed by atoms with van der Waals surface area (Å²) < 4.78 is 3.03. The minimum Gasteiger partial charge on any atom is -0.368 e. The van der Waals surface area contributed by atoms with Gasteiger partial charge in [0.15, 0.2) is 0 Å². The molecule has 0 amide bonds. The zero-order valence-electron chi connectivity index (χ0n) is 9.74. The molecule has 0 spiro atoms. The topological polar surface area (TPSA) is 63.8 Å². The Labute approximate surface area is 124 Å². The zero-order valence-corrected chi connectivity index (χ0v) is 12.7. The lowest BCUT2D eigenvalue weighted by Crippen LogP contribution is -2.04. The molecule has 94 valence electrons. The largest absolute Gasteiger partial charge is 0.368 e. The summed E-state index contributed by atoms with van der Waals surface area (Å²) in [5.74, 6) is 1.01. The summed E-state index contributed by atoms with van der Waals surface area (Å²) in [6, 6.07) is 7.61. The fraction of sp³-hybridized carbons (Fsp3) is 0.167. The van der Waals surface area contributed by atoms with Crippen LogP contribution < -0.4 is 9.26 Å². The smallest absolute Gasteiger partial charge is 0.222 e. The lowest BCUT2D eigenvalue weighted by atomic mass is 10.0. The van der Waals surface area contributed by atoms with Gasteiger partial charge in [0.2, 0.25) is 5.95 Å². The van der Waals surface area contributed by atoms with Crippen molar-refractivity contribution < 1.29 is 0 Å². The van der Waals surface area contributed by atoms with Crippen LogP contribution in [0.15, 0.2) is 24.3 Å². The summed E-state index contributed by atoms with van der Waals surface area (Å²) in [5, 5.41) is 0.706. The molecule has 0 aliphatic carbocycles. The maximum absolute atomic E-state index is 5.90. The third kappa shape index (κ3) is 2.67. The van der Waals surface area contributed by atoms with E-state index in [1.807, 2.05) is 54.1 Å². The second-order valence-corrected chi connectivity index (χ2v) is 4.68. The molecule has 0 bridgehead atoms. The van der Waals surface area contributed by atoms with E-state index in [-0.39, 0.29) is 5.95 Å². The molecule has 0 saturated heterocycles. The molecule has 1 aromatic heterocycles. The normalized spacial score (nSPS) is 10.4. The van der Waals surface area contributed by atoms with Gasteiger partial charge in [0, 0.05) is 10.6 Å². The van der Waals surface area contributed by atoms with Crippen molar-refractivity contribution in [2.75, 3.05) is 9.26 Å². The fourth-order valence-electron chi connectivity index (χ4n) is 1.77. The number of anilines is 2. The molecule has 2 rings (SSSR count). The van der Waals surface area contributed by atoms with Crippen molar-refractivity contribution in [3.63, 3.8) is 0 Å². The SMILES string of the molecule is CCc1nc(N)nc(NI)c1-c1ccc(Cl)cc1. The van der Waals surface area contributed by atoms with E-state index in [9.17, 15) is 0 Å². The number of hydrogen-bond acceptors (Lipinski definition) is 4. The van der Waals surface area contributed by atoms with Gasteiger partial charge in [-0.25, -0.2) is 4.98 Å². The number of nitrogens with one attached hydrogen (secondary N) is 1. The monoisotopic (exact) mass is 374 g/mol. The van der Waals surface area contributed by atoms with Gasteiger partial charge in [-0.15, -0.1) is 0 Å². The van der Waals surface area contributed by atoms with E-state index in [4.69, 9.17) is 17.3 Å². The Morgan fingerprint density at radius 3 is 2.50 bits per heavy atom. The van der Waals surface area contributed by atoms with E-state index in [0.717, 1.165) is 29.1 Å². The summed E-state index contributed by atoms with van der Waals surface area (Å²) in [4.78, 5) is 8.50. The van der Waals surface area contributed by atoms with Crippen LogP contribution in [-0.4, -0.2) is 9.97 Å². The van der Waals surface area contributed by atoms with Crippen LogP contribution in [0.25, 0.3) is 11.1 Å². The molecule has 4 nitrogen and oxygen atoms in total. The summed E-state index contributed by atoms with van der Waals surface area (Å²) in [6.07, 6.45) is 0.788. The van der Waals surface area contributed by atoms with Gasteiger partial charge in [0.25, 0.3) is 0 Å². The molecule has 1 heterocycles. The van der Waals surface area contributed by atoms with Crippen LogP contribution in [-0.2, 0) is 6.42 Å². The molecule has 2 aromatic rings. The average Bonchev–Trinajstić information content (AvgIpc) is 2.39. The van der Waals surface area contributed by atoms with Crippen LogP contribution in [0.1, 0.15) is 12.6 Å². The van der Waals surface area contributed by atoms with E-state index < -0.39 is 0 Å². The number of nitrogens with two attached hydrogens (primary N) is 1. The van der Waals surface area contributed by atoms with Crippen molar-refractivity contribution in [1.29, 1.82) is 0 Å². The Balaban J connectivity index is 2.64. The van der Waals surface area contributed by atoms with Crippen molar-refractivity contribution in [1.82, 2.24) is 9.97 Å². The number of hydrogen-bond donors (Lipinski definition) is 2. The molecule has 0 fully saturated rings. The molecule has 6 heteroatoms. The second-order valence-electron chi connectivity index (χ2n) is 3.71. The number of aromatic nitrogens is 2. The average molecular weight is 375 g/mol. The van der Waals surface area contributed by atoms with Crippen molar-refractivity contribution in [2.45, 2.75) is 13.3 Å². The number of benzene rings is 1. The number of rotatable bonds is 3. The molecule has 0 radical (unpaired) electrons. The van der Waals surface area contributed by atoms with E-state index >= 15 is 0 Å². The van der Waals surface area contributed by atoms with Crippen LogP contribution in [0.5, 0.6) is 0 Å². The maximum Gasteiger partial charge on any atom is 0.222 e. The van der Waals surface area contributed by atoms with Gasteiger partial charge in [-0.05, 0) is 24.1 Å². The van der Waals surface area contributed by atoms with Gasteiger partial charge >= 0.3 is 0 Å². The van der Waals surface area contributed by atoms with Crippen LogP contribution >= 0.6 is 34.5 Å². The Morgan fingerprint density at radius 2 is 1.94 bits per heavy atom. The highest BCUT2D eigenvalue weighted by atomic mass is 127. The zero-order chi connectivity index (χ0) is 13.1. The number of aryl methyl sites for hydroxylation is 1. The van der Waals surface area contributed by atoms with Crippen molar-refractivity contribution in [2.24, 2.45) is 0 Å². The molecule has 0 atom stereocenters. The Kier molecular flexibility index (Phi) is 4.23. The molecular weight excluding hydrogens is 363 g/mol. The van der Waals surface area contributed by atoms with Gasteiger partial charge in [0.1, 0.15) is 5.82 Å². The number of nitrogen functional groups attached to an aromatic ring is 1. The summed E-state index contributed by atoms with van der Waals surface area (Å²) in [6.45, 7) is 2.04. The second kappa shape index (κ2) is 5.71. The van der Waals surface area contributed by atoms with Crippen LogP contribution in [0.2, 0.25) is 5.02 Å². The Hall–Kier alpha value is -1.08. The molecule has 1 aromatic carbocycles. The van der Waals surface area contributed by atoms with Gasteiger partial charge < -0.3 is 9.26 Å². The predicted molar refractivity (Wildman–Crippen MR) is 83.9 cm³/mol. The molecule has 0 aliphatic heterocycles. The quantitative estimate of drug-likeness (QED) is 0.635. The first kappa shape index (κ1) is 13.4. The molecule has 0 unspecified atom stereocenters. The highest BCUT2D eigenvalue weighted by Gasteiger charge is 2.13. The number of halogens is 2. The Morgan fingerprint density at radius 1 is 1.28 bits per heavy atom. The summed E-state index contributed by atoms with van der Waals surface area (Å²) in [7, 11) is 0. The van der Waals surface area contributed by atoms with Crippen LogP contribution in [0, 0.1) is 0 Å². The third-order valence-corrected chi connectivity index (χ3v) is 3.32. The first-order valence-electron chi connectivity index (χ1n) is 5.44. The van der Waals surface area contributed by atoms with Crippen molar-refractivity contribution in [3.8, 4) is 11.1 Å². The summed E-state index contributed by atoms with van der Waals surface area (Å²) in [5.41, 5.74) is 8.61. The van der Waals surface area contributed by atoms with Crippen molar-refractivity contribution >= 4 is 46.2 Å². The highest BCUT2D eigenvalue weighted by Crippen LogP contribution is 2.31. The highest BCUT2D eigenvalue weighted by molar-refractivity contribution is 14.1. The molecule has 0 saturated carbocycles. The third-order valence-electron chi connectivity index (χ3n) is 2.56. The number of nitrogens with zero attached hydrogens (tertiary/aromatic N) is 2. The molecule has 18 heavy (non-hydrogen) atoms.